The van der Waals surface area contributed by atoms with E-state index in [1.165, 1.54) is 0 Å². The fourth-order valence-electron chi connectivity index (χ4n) is 1.57. The molecule has 0 aliphatic rings. The number of nitrogens with one attached hydrogen (secondary N) is 1. The Morgan fingerprint density at radius 3 is 3.00 bits per heavy atom. The fourth-order valence-corrected chi connectivity index (χ4v) is 3.06. The van der Waals surface area contributed by atoms with E-state index in [0.29, 0.717) is 32.5 Å². The maximum atomic E-state index is 11.8. The van der Waals surface area contributed by atoms with Crippen LogP contribution in [0.1, 0.15) is 11.5 Å². The van der Waals surface area contributed by atoms with Crippen LogP contribution in [-0.2, 0) is 17.1 Å². The molecule has 2 aromatic rings. The molecule has 2 rings (SSSR count). The second kappa shape index (κ2) is 7.44. The van der Waals surface area contributed by atoms with E-state index in [1.54, 1.807) is 18.9 Å². The van der Waals surface area contributed by atoms with E-state index in [0.717, 1.165) is 4.90 Å². The molecule has 4 nitrogen and oxygen atoms in total. The minimum absolute atomic E-state index is 0.130. The first-order valence-corrected chi connectivity index (χ1v) is 8.19. The predicted octanol–water partition coefficient (Wildman–Crippen LogP) is 3.47. The lowest BCUT2D eigenvalue weighted by Crippen LogP contribution is -2.18. The van der Waals surface area contributed by atoms with Crippen molar-refractivity contribution in [3.63, 3.8) is 0 Å². The molecule has 0 amide bonds. The SMILES string of the molecule is COCc1nc(CSc2cccc(Cl)c2)[nH]c(=O)c1I. The highest BCUT2D eigenvalue weighted by Gasteiger charge is 2.09. The third kappa shape index (κ3) is 4.21. The first-order chi connectivity index (χ1) is 9.60. The van der Waals surface area contributed by atoms with Crippen LogP contribution in [0.15, 0.2) is 34.0 Å². The molecule has 1 aromatic heterocycles. The van der Waals surface area contributed by atoms with Gasteiger partial charge in [-0.3, -0.25) is 4.79 Å². The molecule has 1 aromatic carbocycles. The molecule has 0 aliphatic heterocycles. The zero-order valence-electron chi connectivity index (χ0n) is 10.7. The molecule has 1 N–H and O–H groups in total. The number of H-pyrrole nitrogens is 1. The topological polar surface area (TPSA) is 55.0 Å². The van der Waals surface area contributed by atoms with Gasteiger partial charge in [-0.25, -0.2) is 4.98 Å². The average molecular weight is 423 g/mol. The number of aromatic amines is 1. The van der Waals surface area contributed by atoms with Gasteiger partial charge in [-0.1, -0.05) is 17.7 Å². The largest absolute Gasteiger partial charge is 0.378 e. The van der Waals surface area contributed by atoms with Crippen molar-refractivity contribution in [2.45, 2.75) is 17.3 Å². The molecular formula is C13H12ClIN2O2S. The number of hydrogen-bond acceptors (Lipinski definition) is 4. The van der Waals surface area contributed by atoms with Gasteiger partial charge >= 0.3 is 0 Å². The summed E-state index contributed by atoms with van der Waals surface area (Å²) in [5.74, 6) is 1.20. The van der Waals surface area contributed by atoms with Crippen LogP contribution in [0, 0.1) is 3.57 Å². The van der Waals surface area contributed by atoms with E-state index < -0.39 is 0 Å². The second-order valence-electron chi connectivity index (χ2n) is 3.95. The molecule has 1 heterocycles. The minimum atomic E-state index is -0.130. The lowest BCUT2D eigenvalue weighted by atomic mass is 10.4. The maximum Gasteiger partial charge on any atom is 0.264 e. The quantitative estimate of drug-likeness (QED) is 0.592. The van der Waals surface area contributed by atoms with Gasteiger partial charge in [0.1, 0.15) is 9.39 Å². The highest BCUT2D eigenvalue weighted by atomic mass is 127. The molecule has 20 heavy (non-hydrogen) atoms. The normalized spacial score (nSPS) is 10.8. The Balaban J connectivity index is 2.15. The van der Waals surface area contributed by atoms with E-state index in [4.69, 9.17) is 16.3 Å². The number of ether oxygens (including phenoxy) is 1. The van der Waals surface area contributed by atoms with Crippen LogP contribution in [0.3, 0.4) is 0 Å². The lowest BCUT2D eigenvalue weighted by molar-refractivity contribution is 0.180. The summed E-state index contributed by atoms with van der Waals surface area (Å²) in [5.41, 5.74) is 0.535. The van der Waals surface area contributed by atoms with Crippen LogP contribution in [0.4, 0.5) is 0 Å². The van der Waals surface area contributed by atoms with Gasteiger partial charge in [0.15, 0.2) is 0 Å². The first-order valence-electron chi connectivity index (χ1n) is 5.75. The summed E-state index contributed by atoms with van der Waals surface area (Å²) >= 11 is 9.48. The third-order valence-corrected chi connectivity index (χ3v) is 4.79. The third-order valence-electron chi connectivity index (χ3n) is 2.43. The molecule has 0 saturated heterocycles. The Morgan fingerprint density at radius 1 is 1.50 bits per heavy atom. The van der Waals surface area contributed by atoms with E-state index in [9.17, 15) is 4.79 Å². The minimum Gasteiger partial charge on any atom is -0.378 e. The summed E-state index contributed by atoms with van der Waals surface area (Å²) in [7, 11) is 1.58. The van der Waals surface area contributed by atoms with Gasteiger partial charge < -0.3 is 9.72 Å². The standard InChI is InChI=1S/C13H12ClIN2O2S/c1-19-6-10-12(15)13(18)17-11(16-10)7-20-9-4-2-3-8(14)5-9/h2-5H,6-7H2,1H3,(H,16,17,18). The number of aromatic nitrogens is 2. The van der Waals surface area contributed by atoms with Gasteiger partial charge in [0, 0.05) is 17.0 Å². The number of halogens is 2. The van der Waals surface area contributed by atoms with E-state index >= 15 is 0 Å². The first kappa shape index (κ1) is 15.8. The van der Waals surface area contributed by atoms with Crippen molar-refractivity contribution in [1.29, 1.82) is 0 Å². The van der Waals surface area contributed by atoms with E-state index in [2.05, 4.69) is 9.97 Å². The van der Waals surface area contributed by atoms with Gasteiger partial charge in [-0.2, -0.15) is 0 Å². The molecule has 0 atom stereocenters. The summed E-state index contributed by atoms with van der Waals surface area (Å²) in [4.78, 5) is 20.0. The molecule has 0 spiro atoms. The van der Waals surface area contributed by atoms with Crippen LogP contribution in [-0.4, -0.2) is 17.1 Å². The second-order valence-corrected chi connectivity index (χ2v) is 6.52. The summed E-state index contributed by atoms with van der Waals surface area (Å²) in [6, 6.07) is 7.57. The van der Waals surface area contributed by atoms with Crippen molar-refractivity contribution in [3.8, 4) is 0 Å². The summed E-state index contributed by atoms with van der Waals surface area (Å²) in [5, 5.41) is 0.694. The van der Waals surface area contributed by atoms with E-state index in [-0.39, 0.29) is 5.56 Å². The number of thioether (sulfide) groups is 1. The number of nitrogens with zero attached hydrogens (tertiary/aromatic N) is 1. The van der Waals surface area contributed by atoms with Crippen LogP contribution >= 0.6 is 46.0 Å². The number of methoxy groups -OCH3 is 1. The fraction of sp³-hybridized carbons (Fsp3) is 0.231. The zero-order valence-corrected chi connectivity index (χ0v) is 14.4. The monoisotopic (exact) mass is 422 g/mol. The zero-order chi connectivity index (χ0) is 14.5. The van der Waals surface area contributed by atoms with Crippen LogP contribution in [0.25, 0.3) is 0 Å². The number of rotatable bonds is 5. The summed E-state index contributed by atoms with van der Waals surface area (Å²) in [6.07, 6.45) is 0. The Bertz CT molecular complexity index is 663. The Kier molecular flexibility index (Phi) is 5.88. The van der Waals surface area contributed by atoms with Crippen LogP contribution in [0.5, 0.6) is 0 Å². The molecule has 106 valence electrons. The molecule has 0 fully saturated rings. The Labute approximate surface area is 139 Å². The Morgan fingerprint density at radius 2 is 2.30 bits per heavy atom. The van der Waals surface area contributed by atoms with Crippen molar-refractivity contribution in [3.05, 3.63) is 54.7 Å². The van der Waals surface area contributed by atoms with E-state index in [1.807, 2.05) is 46.9 Å². The van der Waals surface area contributed by atoms with Crippen molar-refractivity contribution >= 4 is 46.0 Å². The van der Waals surface area contributed by atoms with Gasteiger partial charge in [0.25, 0.3) is 5.56 Å². The molecule has 0 unspecified atom stereocenters. The smallest absolute Gasteiger partial charge is 0.264 e. The Hall–Kier alpha value is -0.570. The number of hydrogen-bond donors (Lipinski definition) is 1. The van der Waals surface area contributed by atoms with Gasteiger partial charge in [-0.05, 0) is 40.8 Å². The molecule has 0 radical (unpaired) electrons. The lowest BCUT2D eigenvalue weighted by Gasteiger charge is -2.06. The predicted molar refractivity (Wildman–Crippen MR) is 89.3 cm³/mol. The van der Waals surface area contributed by atoms with Crippen molar-refractivity contribution in [2.24, 2.45) is 0 Å². The van der Waals surface area contributed by atoms with Crippen LogP contribution in [0.2, 0.25) is 5.02 Å². The number of benzene rings is 1. The van der Waals surface area contributed by atoms with Gasteiger partial charge in [0.2, 0.25) is 0 Å². The maximum absolute atomic E-state index is 11.8. The van der Waals surface area contributed by atoms with Crippen LogP contribution < -0.4 is 5.56 Å². The summed E-state index contributed by atoms with van der Waals surface area (Å²) in [6.45, 7) is 0.330. The summed E-state index contributed by atoms with van der Waals surface area (Å²) < 4.78 is 5.62. The van der Waals surface area contributed by atoms with Crippen molar-refractivity contribution in [1.82, 2.24) is 9.97 Å². The van der Waals surface area contributed by atoms with Crippen molar-refractivity contribution < 1.29 is 4.74 Å². The molecule has 0 aliphatic carbocycles. The average Bonchev–Trinajstić information content (AvgIpc) is 2.42. The van der Waals surface area contributed by atoms with Crippen molar-refractivity contribution in [2.75, 3.05) is 7.11 Å². The highest BCUT2D eigenvalue weighted by Crippen LogP contribution is 2.24. The molecular weight excluding hydrogens is 411 g/mol. The molecule has 7 heteroatoms. The van der Waals surface area contributed by atoms with Gasteiger partial charge in [-0.15, -0.1) is 11.8 Å². The van der Waals surface area contributed by atoms with Gasteiger partial charge in [0.05, 0.1) is 18.1 Å². The molecule has 0 bridgehead atoms. The molecule has 0 saturated carbocycles. The highest BCUT2D eigenvalue weighted by molar-refractivity contribution is 14.1.